The molecule has 0 heterocycles. The van der Waals surface area contributed by atoms with Crippen LogP contribution in [0.25, 0.3) is 0 Å². The molecule has 1 aromatic carbocycles. The number of methoxy groups -OCH3 is 1. The second-order valence-corrected chi connectivity index (χ2v) is 3.32. The van der Waals surface area contributed by atoms with E-state index in [4.69, 9.17) is 5.26 Å². The number of halogens is 1. The summed E-state index contributed by atoms with van der Waals surface area (Å²) in [5.74, 6) is -0.672. The summed E-state index contributed by atoms with van der Waals surface area (Å²) in [7, 11) is 1.22. The van der Waals surface area contributed by atoms with E-state index in [1.165, 1.54) is 19.2 Å². The van der Waals surface area contributed by atoms with Crippen molar-refractivity contribution in [3.8, 4) is 11.8 Å². The fraction of sp³-hybridized carbons (Fsp3) is 0.200. The highest BCUT2D eigenvalue weighted by Gasteiger charge is 2.15. The predicted molar refractivity (Wildman–Crippen MR) is 56.8 cm³/mol. The standard InChI is InChI=1S/C10H8BrNO3/c1-15-10(14)8-3-9(13)6(4-11)2-7(8)5-12/h2-3,13H,4H2,1H3. The number of alkyl halides is 1. The fourth-order valence-electron chi connectivity index (χ4n) is 1.11. The summed E-state index contributed by atoms with van der Waals surface area (Å²) in [6.07, 6.45) is 0. The molecule has 1 aromatic rings. The molecule has 0 aliphatic carbocycles. The molecule has 0 atom stereocenters. The zero-order chi connectivity index (χ0) is 11.4. The number of esters is 1. The number of hydrogen-bond acceptors (Lipinski definition) is 4. The molecule has 0 saturated heterocycles. The maximum atomic E-state index is 11.2. The van der Waals surface area contributed by atoms with Crippen molar-refractivity contribution in [2.24, 2.45) is 0 Å². The number of hydrogen-bond donors (Lipinski definition) is 1. The van der Waals surface area contributed by atoms with Gasteiger partial charge in [-0.25, -0.2) is 4.79 Å². The molecule has 15 heavy (non-hydrogen) atoms. The van der Waals surface area contributed by atoms with Crippen LogP contribution in [0.3, 0.4) is 0 Å². The highest BCUT2D eigenvalue weighted by molar-refractivity contribution is 9.08. The molecule has 4 nitrogen and oxygen atoms in total. The number of ether oxygens (including phenoxy) is 1. The van der Waals surface area contributed by atoms with Crippen LogP contribution in [0.15, 0.2) is 12.1 Å². The van der Waals surface area contributed by atoms with Crippen LogP contribution in [-0.2, 0) is 10.1 Å². The van der Waals surface area contributed by atoms with Crippen LogP contribution in [0.1, 0.15) is 21.5 Å². The summed E-state index contributed by atoms with van der Waals surface area (Å²) >= 11 is 3.16. The summed E-state index contributed by atoms with van der Waals surface area (Å²) in [5, 5.41) is 18.7. The fourth-order valence-corrected chi connectivity index (χ4v) is 1.56. The van der Waals surface area contributed by atoms with Gasteiger partial charge in [0.2, 0.25) is 0 Å². The van der Waals surface area contributed by atoms with Gasteiger partial charge in [0.25, 0.3) is 0 Å². The number of nitriles is 1. The highest BCUT2D eigenvalue weighted by atomic mass is 79.9. The van der Waals surface area contributed by atoms with E-state index in [-0.39, 0.29) is 16.9 Å². The van der Waals surface area contributed by atoms with Crippen molar-refractivity contribution >= 4 is 21.9 Å². The van der Waals surface area contributed by atoms with Crippen molar-refractivity contribution < 1.29 is 14.6 Å². The smallest absolute Gasteiger partial charge is 0.339 e. The maximum Gasteiger partial charge on any atom is 0.339 e. The highest BCUT2D eigenvalue weighted by Crippen LogP contribution is 2.24. The van der Waals surface area contributed by atoms with Gasteiger partial charge in [-0.1, -0.05) is 15.9 Å². The molecule has 0 spiro atoms. The molecule has 0 unspecified atom stereocenters. The second kappa shape index (κ2) is 4.80. The summed E-state index contributed by atoms with van der Waals surface area (Å²) in [6, 6.07) is 4.57. The minimum atomic E-state index is -0.636. The zero-order valence-electron chi connectivity index (χ0n) is 7.95. The third-order valence-corrected chi connectivity index (χ3v) is 2.49. The number of phenolic OH excluding ortho intramolecular Hbond substituents is 1. The summed E-state index contributed by atoms with van der Waals surface area (Å²) in [4.78, 5) is 11.2. The van der Waals surface area contributed by atoms with Gasteiger partial charge in [0.15, 0.2) is 0 Å². The average molecular weight is 270 g/mol. The van der Waals surface area contributed by atoms with Crippen LogP contribution < -0.4 is 0 Å². The number of benzene rings is 1. The molecule has 0 aliphatic rings. The summed E-state index contributed by atoms with van der Waals surface area (Å²) in [5.41, 5.74) is 0.815. The van der Waals surface area contributed by atoms with E-state index in [0.29, 0.717) is 10.9 Å². The predicted octanol–water partition coefficient (Wildman–Crippen LogP) is 1.95. The molecule has 5 heteroatoms. The molecule has 0 aliphatic heterocycles. The lowest BCUT2D eigenvalue weighted by molar-refractivity contribution is 0.0600. The Morgan fingerprint density at radius 2 is 2.33 bits per heavy atom. The zero-order valence-corrected chi connectivity index (χ0v) is 9.54. The van der Waals surface area contributed by atoms with Crippen LogP contribution >= 0.6 is 15.9 Å². The van der Waals surface area contributed by atoms with Gasteiger partial charge in [0.05, 0.1) is 18.2 Å². The molecular formula is C10H8BrNO3. The lowest BCUT2D eigenvalue weighted by Gasteiger charge is -2.06. The first-order chi connectivity index (χ1) is 7.13. The Labute approximate surface area is 95.2 Å². The van der Waals surface area contributed by atoms with Crippen LogP contribution in [0.4, 0.5) is 0 Å². The van der Waals surface area contributed by atoms with E-state index in [1.54, 1.807) is 0 Å². The Hall–Kier alpha value is -1.54. The van der Waals surface area contributed by atoms with Gasteiger partial charge in [-0.3, -0.25) is 0 Å². The second-order valence-electron chi connectivity index (χ2n) is 2.76. The monoisotopic (exact) mass is 269 g/mol. The molecule has 0 aromatic heterocycles. The van der Waals surface area contributed by atoms with E-state index < -0.39 is 5.97 Å². The summed E-state index contributed by atoms with van der Waals surface area (Å²) in [6.45, 7) is 0. The minimum absolute atomic E-state index is 0.0359. The topological polar surface area (TPSA) is 70.3 Å². The van der Waals surface area contributed by atoms with E-state index in [0.717, 1.165) is 0 Å². The number of nitrogens with zero attached hydrogens (tertiary/aromatic N) is 1. The van der Waals surface area contributed by atoms with Crippen LogP contribution in [0, 0.1) is 11.3 Å². The molecule has 78 valence electrons. The number of aromatic hydroxyl groups is 1. The van der Waals surface area contributed by atoms with Crippen molar-refractivity contribution in [3.05, 3.63) is 28.8 Å². The molecule has 0 fully saturated rings. The Morgan fingerprint density at radius 1 is 1.67 bits per heavy atom. The average Bonchev–Trinajstić information content (AvgIpc) is 2.27. The third-order valence-electron chi connectivity index (χ3n) is 1.89. The Kier molecular flexibility index (Phi) is 3.69. The Morgan fingerprint density at radius 3 is 2.80 bits per heavy atom. The first kappa shape index (κ1) is 11.5. The molecule has 1 rings (SSSR count). The number of phenols is 1. The molecule has 0 amide bonds. The van der Waals surface area contributed by atoms with Gasteiger partial charge >= 0.3 is 5.97 Å². The van der Waals surface area contributed by atoms with Gasteiger partial charge in [-0.05, 0) is 12.1 Å². The van der Waals surface area contributed by atoms with E-state index in [1.807, 2.05) is 6.07 Å². The molecule has 1 N–H and O–H groups in total. The lowest BCUT2D eigenvalue weighted by Crippen LogP contribution is -2.04. The van der Waals surface area contributed by atoms with Crippen molar-refractivity contribution in [1.82, 2.24) is 0 Å². The number of rotatable bonds is 2. The molecule has 0 bridgehead atoms. The largest absolute Gasteiger partial charge is 0.508 e. The molecule has 0 radical (unpaired) electrons. The first-order valence-electron chi connectivity index (χ1n) is 4.04. The maximum absolute atomic E-state index is 11.2. The lowest BCUT2D eigenvalue weighted by atomic mass is 10.0. The SMILES string of the molecule is COC(=O)c1cc(O)c(CBr)cc1C#N. The minimum Gasteiger partial charge on any atom is -0.508 e. The Balaban J connectivity index is 3.35. The third kappa shape index (κ3) is 2.28. The Bertz CT molecular complexity index is 437. The van der Waals surface area contributed by atoms with Gasteiger partial charge in [0.1, 0.15) is 11.8 Å². The van der Waals surface area contributed by atoms with E-state index >= 15 is 0 Å². The van der Waals surface area contributed by atoms with Crippen LogP contribution in [0.2, 0.25) is 0 Å². The molecule has 0 saturated carbocycles. The van der Waals surface area contributed by atoms with Crippen LogP contribution in [0.5, 0.6) is 5.75 Å². The quantitative estimate of drug-likeness (QED) is 0.658. The van der Waals surface area contributed by atoms with Crippen molar-refractivity contribution in [1.29, 1.82) is 5.26 Å². The van der Waals surface area contributed by atoms with Crippen molar-refractivity contribution in [2.75, 3.05) is 7.11 Å². The first-order valence-corrected chi connectivity index (χ1v) is 5.16. The van der Waals surface area contributed by atoms with E-state index in [2.05, 4.69) is 20.7 Å². The van der Waals surface area contributed by atoms with Gasteiger partial charge < -0.3 is 9.84 Å². The van der Waals surface area contributed by atoms with Crippen molar-refractivity contribution in [2.45, 2.75) is 5.33 Å². The van der Waals surface area contributed by atoms with Gasteiger partial charge in [-0.2, -0.15) is 5.26 Å². The van der Waals surface area contributed by atoms with Crippen molar-refractivity contribution in [3.63, 3.8) is 0 Å². The van der Waals surface area contributed by atoms with E-state index in [9.17, 15) is 9.90 Å². The number of carbonyl (C=O) groups excluding carboxylic acids is 1. The number of carbonyl (C=O) groups is 1. The normalized spacial score (nSPS) is 9.40. The van der Waals surface area contributed by atoms with Gasteiger partial charge in [0, 0.05) is 10.9 Å². The van der Waals surface area contributed by atoms with Crippen LogP contribution in [-0.4, -0.2) is 18.2 Å². The summed E-state index contributed by atoms with van der Waals surface area (Å²) < 4.78 is 4.49. The molecular weight excluding hydrogens is 262 g/mol. The van der Waals surface area contributed by atoms with Gasteiger partial charge in [-0.15, -0.1) is 0 Å².